The number of rotatable bonds is 3. The van der Waals surface area contributed by atoms with Crippen LogP contribution in [-0.2, 0) is 12.8 Å². The number of aromatic carboxylic acids is 1. The molecule has 114 valence electrons. The molecule has 2 aliphatic rings. The van der Waals surface area contributed by atoms with E-state index in [1.807, 2.05) is 0 Å². The molecule has 21 heavy (non-hydrogen) atoms. The van der Waals surface area contributed by atoms with Crippen LogP contribution in [0, 0.1) is 5.92 Å². The van der Waals surface area contributed by atoms with Crippen LogP contribution in [0.4, 0.5) is 0 Å². The highest BCUT2D eigenvalue weighted by Gasteiger charge is 2.27. The van der Waals surface area contributed by atoms with Gasteiger partial charge in [-0.05, 0) is 62.5 Å². The lowest BCUT2D eigenvalue weighted by Crippen LogP contribution is -2.29. The first kappa shape index (κ1) is 14.4. The third-order valence-electron chi connectivity index (χ3n) is 4.79. The summed E-state index contributed by atoms with van der Waals surface area (Å²) in [6.45, 7) is 2.18. The van der Waals surface area contributed by atoms with Gasteiger partial charge >= 0.3 is 5.97 Å². The number of pyridine rings is 1. The Labute approximate surface area is 125 Å². The quantitative estimate of drug-likeness (QED) is 0.923. The molecule has 1 saturated carbocycles. The molecule has 3 rings (SSSR count). The van der Waals surface area contributed by atoms with Crippen molar-refractivity contribution in [1.29, 1.82) is 0 Å². The predicted octanol–water partition coefficient (Wildman–Crippen LogP) is 3.62. The summed E-state index contributed by atoms with van der Waals surface area (Å²) in [7, 11) is 0. The van der Waals surface area contributed by atoms with Crippen molar-refractivity contribution in [2.75, 3.05) is 0 Å². The highest BCUT2D eigenvalue weighted by molar-refractivity contribution is 5.90. The van der Waals surface area contributed by atoms with Crippen LogP contribution >= 0.6 is 0 Å². The summed E-state index contributed by atoms with van der Waals surface area (Å²) in [5.74, 6) is -0.130. The fourth-order valence-corrected chi connectivity index (χ4v) is 3.46. The number of ether oxygens (including phenoxy) is 1. The minimum atomic E-state index is -0.936. The largest absolute Gasteiger partial charge is 0.477 e. The monoisotopic (exact) mass is 289 g/mol. The first-order chi connectivity index (χ1) is 10.1. The van der Waals surface area contributed by atoms with Crippen molar-refractivity contribution in [1.82, 2.24) is 4.98 Å². The molecule has 0 radical (unpaired) electrons. The molecule has 0 aliphatic heterocycles. The van der Waals surface area contributed by atoms with Gasteiger partial charge in [0.05, 0.1) is 0 Å². The standard InChI is InChI=1S/C17H23NO3/c1-11-6-2-5-9-15(11)21-16-13(17(19)20)10-12-7-3-4-8-14(12)18-16/h10-11,15H,2-9H2,1H3,(H,19,20). The number of carboxylic acids is 1. The number of aryl methyl sites for hydroxylation is 2. The normalized spacial score (nSPS) is 25.2. The van der Waals surface area contributed by atoms with Crippen molar-refractivity contribution in [3.8, 4) is 5.88 Å². The molecule has 4 heteroatoms. The van der Waals surface area contributed by atoms with Gasteiger partial charge in [0.2, 0.25) is 5.88 Å². The maximum absolute atomic E-state index is 11.5. The molecule has 0 bridgehead atoms. The third kappa shape index (κ3) is 3.04. The molecule has 4 nitrogen and oxygen atoms in total. The molecule has 2 unspecified atom stereocenters. The second-order valence-electron chi connectivity index (χ2n) is 6.38. The van der Waals surface area contributed by atoms with Gasteiger partial charge in [0.1, 0.15) is 11.7 Å². The smallest absolute Gasteiger partial charge is 0.341 e. The van der Waals surface area contributed by atoms with Gasteiger partial charge in [0.25, 0.3) is 0 Å². The number of carbonyl (C=O) groups is 1. The fraction of sp³-hybridized carbons (Fsp3) is 0.647. The molecule has 1 aromatic heterocycles. The predicted molar refractivity (Wildman–Crippen MR) is 79.9 cm³/mol. The van der Waals surface area contributed by atoms with Crippen molar-refractivity contribution >= 4 is 5.97 Å². The van der Waals surface area contributed by atoms with E-state index in [0.29, 0.717) is 11.8 Å². The van der Waals surface area contributed by atoms with Crippen LogP contribution in [0.25, 0.3) is 0 Å². The maximum atomic E-state index is 11.5. The van der Waals surface area contributed by atoms with Crippen LogP contribution in [0.3, 0.4) is 0 Å². The highest BCUT2D eigenvalue weighted by atomic mass is 16.5. The zero-order valence-corrected chi connectivity index (χ0v) is 12.6. The van der Waals surface area contributed by atoms with Crippen molar-refractivity contribution in [2.45, 2.75) is 64.4 Å². The van der Waals surface area contributed by atoms with Gasteiger partial charge < -0.3 is 9.84 Å². The minimum Gasteiger partial charge on any atom is -0.477 e. The zero-order chi connectivity index (χ0) is 14.8. The summed E-state index contributed by atoms with van der Waals surface area (Å²) in [5, 5.41) is 9.44. The number of carboxylic acid groups (broad SMARTS) is 1. The van der Waals surface area contributed by atoms with Crippen molar-refractivity contribution in [3.05, 3.63) is 22.9 Å². The Kier molecular flexibility index (Phi) is 4.13. The van der Waals surface area contributed by atoms with Gasteiger partial charge in [-0.2, -0.15) is 0 Å². The Morgan fingerprint density at radius 2 is 2.00 bits per heavy atom. The van der Waals surface area contributed by atoms with Crippen LogP contribution in [0.2, 0.25) is 0 Å². The molecule has 1 heterocycles. The van der Waals surface area contributed by atoms with Gasteiger partial charge in [-0.15, -0.1) is 0 Å². The minimum absolute atomic E-state index is 0.103. The van der Waals surface area contributed by atoms with E-state index in [1.165, 1.54) is 6.42 Å². The lowest BCUT2D eigenvalue weighted by molar-refractivity contribution is 0.0666. The number of nitrogens with zero attached hydrogens (tertiary/aromatic N) is 1. The van der Waals surface area contributed by atoms with E-state index in [9.17, 15) is 9.90 Å². The number of aromatic nitrogens is 1. The molecule has 1 aromatic rings. The summed E-state index contributed by atoms with van der Waals surface area (Å²) in [4.78, 5) is 16.1. The lowest BCUT2D eigenvalue weighted by atomic mass is 9.88. The van der Waals surface area contributed by atoms with Crippen LogP contribution in [0.15, 0.2) is 6.07 Å². The van der Waals surface area contributed by atoms with E-state index < -0.39 is 5.97 Å². The number of hydrogen-bond acceptors (Lipinski definition) is 3. The third-order valence-corrected chi connectivity index (χ3v) is 4.79. The Balaban J connectivity index is 1.90. The Hall–Kier alpha value is -1.58. The number of fused-ring (bicyclic) bond motifs is 1. The van der Waals surface area contributed by atoms with E-state index in [-0.39, 0.29) is 11.7 Å². The average molecular weight is 289 g/mol. The van der Waals surface area contributed by atoms with Crippen molar-refractivity contribution in [3.63, 3.8) is 0 Å². The summed E-state index contributed by atoms with van der Waals surface area (Å²) >= 11 is 0. The van der Waals surface area contributed by atoms with E-state index >= 15 is 0 Å². The molecular formula is C17H23NO3. The highest BCUT2D eigenvalue weighted by Crippen LogP contribution is 2.31. The van der Waals surface area contributed by atoms with Crippen LogP contribution in [0.5, 0.6) is 5.88 Å². The van der Waals surface area contributed by atoms with Gasteiger partial charge in [0, 0.05) is 5.69 Å². The van der Waals surface area contributed by atoms with Crippen molar-refractivity contribution in [2.24, 2.45) is 5.92 Å². The molecule has 0 spiro atoms. The molecule has 0 aromatic carbocycles. The first-order valence-corrected chi connectivity index (χ1v) is 8.08. The summed E-state index contributed by atoms with van der Waals surface area (Å²) in [6, 6.07) is 1.78. The lowest BCUT2D eigenvalue weighted by Gasteiger charge is -2.29. The fourth-order valence-electron chi connectivity index (χ4n) is 3.46. The number of hydrogen-bond donors (Lipinski definition) is 1. The molecule has 2 atom stereocenters. The summed E-state index contributed by atoms with van der Waals surface area (Å²) < 4.78 is 6.03. The molecule has 1 fully saturated rings. The van der Waals surface area contributed by atoms with Gasteiger partial charge in [-0.3, -0.25) is 0 Å². The second kappa shape index (κ2) is 6.04. The molecule has 2 aliphatic carbocycles. The SMILES string of the molecule is CC1CCCCC1Oc1nc2c(cc1C(=O)O)CCCC2. The van der Waals surface area contributed by atoms with E-state index in [4.69, 9.17) is 4.74 Å². The van der Waals surface area contributed by atoms with Crippen molar-refractivity contribution < 1.29 is 14.6 Å². The van der Waals surface area contributed by atoms with Gasteiger partial charge in [-0.25, -0.2) is 9.78 Å². The molecule has 0 saturated heterocycles. The Morgan fingerprint density at radius 3 is 2.76 bits per heavy atom. The Bertz CT molecular complexity index is 541. The molecular weight excluding hydrogens is 266 g/mol. The molecule has 0 amide bonds. The molecule has 1 N–H and O–H groups in total. The van der Waals surface area contributed by atoms with E-state index in [0.717, 1.165) is 56.2 Å². The van der Waals surface area contributed by atoms with Crippen LogP contribution in [0.1, 0.15) is 67.1 Å². The van der Waals surface area contributed by atoms with Crippen LogP contribution in [-0.4, -0.2) is 22.2 Å². The topological polar surface area (TPSA) is 59.4 Å². The van der Waals surface area contributed by atoms with E-state index in [1.54, 1.807) is 6.07 Å². The average Bonchev–Trinajstić information content (AvgIpc) is 2.48. The summed E-state index contributed by atoms with van der Waals surface area (Å²) in [5.41, 5.74) is 2.35. The van der Waals surface area contributed by atoms with Crippen LogP contribution < -0.4 is 4.74 Å². The Morgan fingerprint density at radius 1 is 1.24 bits per heavy atom. The maximum Gasteiger partial charge on any atom is 0.341 e. The first-order valence-electron chi connectivity index (χ1n) is 8.08. The van der Waals surface area contributed by atoms with Gasteiger partial charge in [-0.1, -0.05) is 13.3 Å². The zero-order valence-electron chi connectivity index (χ0n) is 12.6. The van der Waals surface area contributed by atoms with Gasteiger partial charge in [0.15, 0.2) is 0 Å². The van der Waals surface area contributed by atoms with E-state index in [2.05, 4.69) is 11.9 Å². The summed E-state index contributed by atoms with van der Waals surface area (Å²) in [6.07, 6.45) is 8.77. The second-order valence-corrected chi connectivity index (χ2v) is 6.38.